The van der Waals surface area contributed by atoms with Crippen LogP contribution in [0.2, 0.25) is 0 Å². The smallest absolute Gasteiger partial charge is 0.233 e. The van der Waals surface area contributed by atoms with Crippen molar-refractivity contribution in [2.24, 2.45) is 0 Å². The maximum atomic E-state index is 12.1. The molecule has 1 aliphatic heterocycles. The zero-order chi connectivity index (χ0) is 31.0. The number of rotatable bonds is 10. The molecule has 0 aromatic heterocycles. The molecule has 0 radical (unpaired) electrons. The van der Waals surface area contributed by atoms with Gasteiger partial charge in [-0.2, -0.15) is 0 Å². The quantitative estimate of drug-likeness (QED) is 0.282. The molecule has 3 atom stereocenters. The lowest BCUT2D eigenvalue weighted by molar-refractivity contribution is -0.118. The molecule has 2 aromatic rings. The van der Waals surface area contributed by atoms with Crippen molar-refractivity contribution in [3.05, 3.63) is 101 Å². The summed E-state index contributed by atoms with van der Waals surface area (Å²) in [5.41, 5.74) is 7.08. The van der Waals surface area contributed by atoms with E-state index in [9.17, 15) is 14.1 Å². The molecule has 7 heteroatoms. The Hall–Kier alpha value is -3.42. The molecule has 1 heterocycles. The van der Waals surface area contributed by atoms with Crippen molar-refractivity contribution < 1.29 is 23.6 Å². The molecule has 1 saturated heterocycles. The molecule has 6 nitrogen and oxygen atoms in total. The molecule has 0 saturated carbocycles. The van der Waals surface area contributed by atoms with Crippen LogP contribution in [0.1, 0.15) is 80.9 Å². The maximum Gasteiger partial charge on any atom is 0.233 e. The van der Waals surface area contributed by atoms with E-state index in [2.05, 4.69) is 56.9 Å². The summed E-state index contributed by atoms with van der Waals surface area (Å²) in [5, 5.41) is 9.65. The van der Waals surface area contributed by atoms with E-state index in [0.29, 0.717) is 13.0 Å². The predicted octanol–water partition coefficient (Wildman–Crippen LogP) is 7.39. The number of hydrogen-bond acceptors (Lipinski definition) is 5. The number of hydrogen-bond donors (Lipinski definition) is 2. The fourth-order valence-electron chi connectivity index (χ4n) is 5.39. The molecule has 1 aliphatic carbocycles. The highest BCUT2D eigenvalue weighted by Gasteiger charge is 2.31. The second-order valence-electron chi connectivity index (χ2n) is 11.3. The second kappa shape index (κ2) is 14.7. The van der Waals surface area contributed by atoms with Crippen LogP contribution in [-0.4, -0.2) is 33.5 Å². The number of ether oxygens (including phenoxy) is 2. The van der Waals surface area contributed by atoms with E-state index in [1.807, 2.05) is 37.3 Å². The zero-order valence-corrected chi connectivity index (χ0v) is 26.6. The van der Waals surface area contributed by atoms with E-state index >= 15 is 0 Å². The van der Waals surface area contributed by atoms with Crippen molar-refractivity contribution in [2.75, 3.05) is 6.61 Å². The van der Waals surface area contributed by atoms with Crippen LogP contribution in [0.25, 0.3) is 5.57 Å². The molecule has 2 N–H and O–H groups in total. The molecule has 0 spiro atoms. The van der Waals surface area contributed by atoms with Crippen LogP contribution in [0.5, 0.6) is 11.5 Å². The molecular formula is C35H45NO5S. The van der Waals surface area contributed by atoms with Crippen LogP contribution in [0, 0.1) is 13.8 Å². The molecule has 2 aliphatic rings. The van der Waals surface area contributed by atoms with Gasteiger partial charge in [-0.15, -0.1) is 6.58 Å². The summed E-state index contributed by atoms with van der Waals surface area (Å²) >= 11 is 0. The van der Waals surface area contributed by atoms with Gasteiger partial charge in [-0.1, -0.05) is 36.9 Å². The van der Waals surface area contributed by atoms with E-state index < -0.39 is 16.6 Å². The summed E-state index contributed by atoms with van der Waals surface area (Å²) < 4.78 is 27.0. The number of carbonyl (C=O) groups is 1. The van der Waals surface area contributed by atoms with Gasteiger partial charge in [0.15, 0.2) is 0 Å². The monoisotopic (exact) mass is 591 g/mol. The van der Waals surface area contributed by atoms with Crippen molar-refractivity contribution in [2.45, 2.75) is 84.2 Å². The standard InChI is InChI=1S/C32H39NO5S.C3H6/c1-7-25-27(26(8-2)31-20(3)17-24(18-21(31)4)37-16-15-32(5,6)35)13-14-28(25)38-23-11-9-22(10-12-23)29-19-30(34)33-39(29)36;1-3-2/h7-12,17-18,28-29,35H,1,13-16,19H2,2-6H3,(H,33,34);3H,1H2,2H3/b26-8+;. The number of aryl methyl sites for hydroxylation is 2. The first-order chi connectivity index (χ1) is 19.9. The molecule has 1 fully saturated rings. The number of carbonyl (C=O) groups excluding carboxylic acids is 1. The molecule has 42 heavy (non-hydrogen) atoms. The third-order valence-electron chi connectivity index (χ3n) is 7.32. The van der Waals surface area contributed by atoms with Gasteiger partial charge in [0.2, 0.25) is 5.91 Å². The highest BCUT2D eigenvalue weighted by molar-refractivity contribution is 7.84. The van der Waals surface area contributed by atoms with Crippen molar-refractivity contribution in [3.8, 4) is 11.5 Å². The number of benzene rings is 2. The predicted molar refractivity (Wildman–Crippen MR) is 173 cm³/mol. The summed E-state index contributed by atoms with van der Waals surface area (Å²) in [6.45, 7) is 19.7. The lowest BCUT2D eigenvalue weighted by atomic mass is 9.88. The van der Waals surface area contributed by atoms with Gasteiger partial charge in [0, 0.05) is 12.8 Å². The van der Waals surface area contributed by atoms with Crippen LogP contribution < -0.4 is 14.2 Å². The molecule has 1 amide bonds. The molecule has 3 unspecified atom stereocenters. The Balaban J connectivity index is 0.00000155. The molecule has 2 aromatic carbocycles. The first-order valence-corrected chi connectivity index (χ1v) is 15.7. The van der Waals surface area contributed by atoms with E-state index in [1.54, 1.807) is 19.9 Å². The first-order valence-electron chi connectivity index (χ1n) is 14.4. The SMILES string of the molecule is C=CC.C=CC1=C(/C(=C\C)c2c(C)cc(OCCC(C)(C)O)cc2C)CCC1Oc1ccc(C2CC(=O)NS2=O)cc1. The minimum atomic E-state index is -1.39. The van der Waals surface area contributed by atoms with Gasteiger partial charge in [-0.05, 0) is 118 Å². The largest absolute Gasteiger partial charge is 0.493 e. The zero-order valence-electron chi connectivity index (χ0n) is 25.8. The molecular weight excluding hydrogens is 546 g/mol. The Morgan fingerprint density at radius 3 is 2.24 bits per heavy atom. The van der Waals surface area contributed by atoms with Crippen molar-refractivity contribution in [1.82, 2.24) is 4.72 Å². The third kappa shape index (κ3) is 8.33. The van der Waals surface area contributed by atoms with E-state index in [-0.39, 0.29) is 23.7 Å². The van der Waals surface area contributed by atoms with Gasteiger partial charge < -0.3 is 14.6 Å². The van der Waals surface area contributed by atoms with Gasteiger partial charge >= 0.3 is 0 Å². The van der Waals surface area contributed by atoms with Crippen LogP contribution in [-0.2, 0) is 15.8 Å². The van der Waals surface area contributed by atoms with Crippen LogP contribution in [0.4, 0.5) is 0 Å². The Labute approximate surface area is 253 Å². The lowest BCUT2D eigenvalue weighted by Gasteiger charge is -2.20. The van der Waals surface area contributed by atoms with Gasteiger partial charge in [-0.25, -0.2) is 4.21 Å². The minimum absolute atomic E-state index is 0.118. The Kier molecular flexibility index (Phi) is 11.5. The number of aliphatic hydroxyl groups is 1. The maximum absolute atomic E-state index is 12.1. The third-order valence-corrected chi connectivity index (χ3v) is 8.70. The van der Waals surface area contributed by atoms with Crippen LogP contribution in [0.15, 0.2) is 78.9 Å². The van der Waals surface area contributed by atoms with Gasteiger partial charge in [0.1, 0.15) is 28.6 Å². The van der Waals surface area contributed by atoms with E-state index in [1.165, 1.54) is 16.7 Å². The van der Waals surface area contributed by atoms with E-state index in [0.717, 1.165) is 46.6 Å². The Morgan fingerprint density at radius 2 is 1.74 bits per heavy atom. The average molecular weight is 592 g/mol. The fourth-order valence-corrected chi connectivity index (χ4v) is 6.55. The molecule has 4 rings (SSSR count). The summed E-state index contributed by atoms with van der Waals surface area (Å²) in [7, 11) is -1.39. The number of allylic oxidation sites excluding steroid dienone is 4. The summed E-state index contributed by atoms with van der Waals surface area (Å²) in [6.07, 6.45) is 8.22. The lowest BCUT2D eigenvalue weighted by Crippen LogP contribution is -2.21. The van der Waals surface area contributed by atoms with Crippen LogP contribution in [0.3, 0.4) is 0 Å². The minimum Gasteiger partial charge on any atom is -0.493 e. The highest BCUT2D eigenvalue weighted by Crippen LogP contribution is 2.41. The summed E-state index contributed by atoms with van der Waals surface area (Å²) in [4.78, 5) is 11.6. The second-order valence-corrected chi connectivity index (χ2v) is 12.7. The fraction of sp³-hybridized carbons (Fsp3) is 0.400. The number of amides is 1. The Morgan fingerprint density at radius 1 is 1.12 bits per heavy atom. The summed E-state index contributed by atoms with van der Waals surface area (Å²) in [5.74, 6) is 1.36. The van der Waals surface area contributed by atoms with Crippen molar-refractivity contribution in [3.63, 3.8) is 0 Å². The van der Waals surface area contributed by atoms with Gasteiger partial charge in [0.05, 0.1) is 17.5 Å². The Bertz CT molecular complexity index is 1360. The summed E-state index contributed by atoms with van der Waals surface area (Å²) in [6, 6.07) is 11.7. The molecule has 226 valence electrons. The molecule has 0 bridgehead atoms. The number of nitrogens with one attached hydrogen (secondary N) is 1. The van der Waals surface area contributed by atoms with Gasteiger partial charge in [0.25, 0.3) is 0 Å². The average Bonchev–Trinajstić information content (AvgIpc) is 3.47. The topological polar surface area (TPSA) is 84.9 Å². The van der Waals surface area contributed by atoms with E-state index in [4.69, 9.17) is 9.47 Å². The normalized spacial score (nSPS) is 20.5. The first kappa shape index (κ1) is 33.1. The van der Waals surface area contributed by atoms with Crippen molar-refractivity contribution in [1.29, 1.82) is 0 Å². The highest BCUT2D eigenvalue weighted by atomic mass is 32.2. The van der Waals surface area contributed by atoms with Crippen LogP contribution >= 0.6 is 0 Å². The van der Waals surface area contributed by atoms with Gasteiger partial charge in [-0.3, -0.25) is 9.52 Å². The van der Waals surface area contributed by atoms with Crippen molar-refractivity contribution >= 4 is 22.5 Å².